The molecular formula is C14H17NO2. The second-order valence-electron chi connectivity index (χ2n) is 4.74. The molecule has 0 unspecified atom stereocenters. The van der Waals surface area contributed by atoms with Gasteiger partial charge in [0.25, 0.3) is 5.91 Å². The first-order valence-electron chi connectivity index (χ1n) is 5.63. The summed E-state index contributed by atoms with van der Waals surface area (Å²) in [5.41, 5.74) is 2.31. The summed E-state index contributed by atoms with van der Waals surface area (Å²) in [4.78, 5) is 17.5. The molecule has 1 aromatic rings. The average molecular weight is 231 g/mol. The van der Waals surface area contributed by atoms with Gasteiger partial charge in [0.05, 0.1) is 12.6 Å². The zero-order chi connectivity index (χ0) is 12.6. The molecule has 0 radical (unpaired) electrons. The van der Waals surface area contributed by atoms with Crippen LogP contribution in [0.25, 0.3) is 0 Å². The minimum absolute atomic E-state index is 0.0770. The summed E-state index contributed by atoms with van der Waals surface area (Å²) < 4.78 is 0. The Balaban J connectivity index is 2.56. The summed E-state index contributed by atoms with van der Waals surface area (Å²) in [6, 6.07) is 7.64. The number of hydrogen-bond acceptors (Lipinski definition) is 2. The van der Waals surface area contributed by atoms with Gasteiger partial charge in [-0.3, -0.25) is 9.63 Å². The summed E-state index contributed by atoms with van der Waals surface area (Å²) in [6.45, 7) is 7.91. The van der Waals surface area contributed by atoms with Crippen LogP contribution < -0.4 is 0 Å². The fourth-order valence-corrected chi connectivity index (χ4v) is 2.62. The molecule has 90 valence electrons. The quantitative estimate of drug-likeness (QED) is 0.749. The molecule has 1 aliphatic rings. The second kappa shape index (κ2) is 4.00. The Hall–Kier alpha value is -1.61. The lowest BCUT2D eigenvalue weighted by molar-refractivity contribution is -0.153. The molecule has 0 bridgehead atoms. The molecule has 3 nitrogen and oxygen atoms in total. The zero-order valence-electron chi connectivity index (χ0n) is 10.5. The van der Waals surface area contributed by atoms with E-state index in [-0.39, 0.29) is 5.91 Å². The van der Waals surface area contributed by atoms with E-state index in [1.54, 1.807) is 0 Å². The van der Waals surface area contributed by atoms with Crippen LogP contribution in [0.5, 0.6) is 0 Å². The molecule has 0 spiro atoms. The van der Waals surface area contributed by atoms with Gasteiger partial charge in [0, 0.05) is 5.56 Å². The fraction of sp³-hybridized carbons (Fsp3) is 0.357. The van der Waals surface area contributed by atoms with Gasteiger partial charge >= 0.3 is 0 Å². The normalized spacial score (nSPS) is 22.8. The van der Waals surface area contributed by atoms with Crippen LogP contribution in [0.1, 0.15) is 36.2 Å². The predicted molar refractivity (Wildman–Crippen MR) is 66.4 cm³/mol. The van der Waals surface area contributed by atoms with Crippen LogP contribution in [0, 0.1) is 0 Å². The van der Waals surface area contributed by atoms with Crippen LogP contribution in [-0.2, 0) is 10.4 Å². The standard InChI is InChI=1S/C14H17NO2/c1-10(2)9-14(3)12-8-6-5-7-11(12)13(16)15(14)17-4/h5-8H,1,9H2,2-4H3/t14-/m0/s1. The molecule has 0 fully saturated rings. The van der Waals surface area contributed by atoms with Gasteiger partial charge in [-0.2, -0.15) is 0 Å². The highest BCUT2D eigenvalue weighted by molar-refractivity contribution is 5.99. The minimum atomic E-state index is -0.450. The molecule has 0 aromatic heterocycles. The van der Waals surface area contributed by atoms with Gasteiger partial charge in [0.1, 0.15) is 0 Å². The Morgan fingerprint density at radius 2 is 2.12 bits per heavy atom. The van der Waals surface area contributed by atoms with E-state index in [4.69, 9.17) is 4.84 Å². The number of amides is 1. The molecule has 0 saturated carbocycles. The Morgan fingerprint density at radius 3 is 2.71 bits per heavy atom. The van der Waals surface area contributed by atoms with Crippen molar-refractivity contribution in [3.05, 3.63) is 47.5 Å². The maximum atomic E-state index is 12.2. The Bertz CT molecular complexity index is 481. The van der Waals surface area contributed by atoms with Gasteiger partial charge < -0.3 is 0 Å². The van der Waals surface area contributed by atoms with Crippen molar-refractivity contribution in [2.24, 2.45) is 0 Å². The molecule has 3 heteroatoms. The largest absolute Gasteiger partial charge is 0.278 e. The molecule has 1 heterocycles. The van der Waals surface area contributed by atoms with Crippen molar-refractivity contribution in [2.75, 3.05) is 7.11 Å². The van der Waals surface area contributed by atoms with Crippen LogP contribution in [0.3, 0.4) is 0 Å². The molecular weight excluding hydrogens is 214 g/mol. The zero-order valence-corrected chi connectivity index (χ0v) is 10.5. The highest BCUT2D eigenvalue weighted by atomic mass is 16.7. The first-order chi connectivity index (χ1) is 8.00. The van der Waals surface area contributed by atoms with E-state index in [0.29, 0.717) is 6.42 Å². The molecule has 0 aliphatic carbocycles. The van der Waals surface area contributed by atoms with Crippen LogP contribution >= 0.6 is 0 Å². The SMILES string of the molecule is C=C(C)C[C@@]1(C)c2ccccc2C(=O)N1OC. The first-order valence-corrected chi connectivity index (χ1v) is 5.63. The second-order valence-corrected chi connectivity index (χ2v) is 4.74. The third-order valence-electron chi connectivity index (χ3n) is 3.20. The molecule has 17 heavy (non-hydrogen) atoms. The molecule has 1 atom stereocenters. The van der Waals surface area contributed by atoms with Crippen LogP contribution in [-0.4, -0.2) is 18.1 Å². The number of nitrogens with zero attached hydrogens (tertiary/aromatic N) is 1. The lowest BCUT2D eigenvalue weighted by atomic mass is 9.87. The van der Waals surface area contributed by atoms with Crippen molar-refractivity contribution in [1.82, 2.24) is 5.06 Å². The van der Waals surface area contributed by atoms with Gasteiger partial charge in [0.2, 0.25) is 0 Å². The first kappa shape index (κ1) is 11.9. The van der Waals surface area contributed by atoms with E-state index in [1.165, 1.54) is 12.2 Å². The van der Waals surface area contributed by atoms with E-state index in [0.717, 1.165) is 16.7 Å². The number of rotatable bonds is 3. The van der Waals surface area contributed by atoms with Gasteiger partial charge in [-0.05, 0) is 31.9 Å². The number of carbonyl (C=O) groups is 1. The van der Waals surface area contributed by atoms with Crippen molar-refractivity contribution in [1.29, 1.82) is 0 Å². The third kappa shape index (κ3) is 1.67. The topological polar surface area (TPSA) is 29.5 Å². The molecule has 2 rings (SSSR count). The molecule has 1 aromatic carbocycles. The minimum Gasteiger partial charge on any atom is -0.273 e. The summed E-state index contributed by atoms with van der Waals surface area (Å²) in [5, 5.41) is 1.45. The maximum Gasteiger partial charge on any atom is 0.278 e. The Morgan fingerprint density at radius 1 is 1.47 bits per heavy atom. The van der Waals surface area contributed by atoms with Crippen LogP contribution in [0.4, 0.5) is 0 Å². The van der Waals surface area contributed by atoms with Crippen molar-refractivity contribution >= 4 is 5.91 Å². The number of hydroxylamine groups is 2. The molecule has 1 aliphatic heterocycles. The monoisotopic (exact) mass is 231 g/mol. The van der Waals surface area contributed by atoms with Gasteiger partial charge in [0.15, 0.2) is 0 Å². The molecule has 1 amide bonds. The Labute approximate surface area is 102 Å². The van der Waals surface area contributed by atoms with Crippen molar-refractivity contribution < 1.29 is 9.63 Å². The molecule has 0 saturated heterocycles. The van der Waals surface area contributed by atoms with Crippen LogP contribution in [0.2, 0.25) is 0 Å². The van der Waals surface area contributed by atoms with E-state index in [2.05, 4.69) is 6.58 Å². The summed E-state index contributed by atoms with van der Waals surface area (Å²) in [5.74, 6) is -0.0770. The van der Waals surface area contributed by atoms with Gasteiger partial charge in [-0.15, -0.1) is 6.58 Å². The third-order valence-corrected chi connectivity index (χ3v) is 3.20. The van der Waals surface area contributed by atoms with Crippen molar-refractivity contribution in [3.8, 4) is 0 Å². The average Bonchev–Trinajstić information content (AvgIpc) is 2.48. The Kier molecular flexibility index (Phi) is 2.79. The van der Waals surface area contributed by atoms with Gasteiger partial charge in [-0.1, -0.05) is 23.8 Å². The number of hydrogen-bond donors (Lipinski definition) is 0. The highest BCUT2D eigenvalue weighted by Crippen LogP contribution is 2.42. The van der Waals surface area contributed by atoms with E-state index in [9.17, 15) is 4.79 Å². The van der Waals surface area contributed by atoms with Gasteiger partial charge in [-0.25, -0.2) is 5.06 Å². The molecule has 0 N–H and O–H groups in total. The lowest BCUT2D eigenvalue weighted by Crippen LogP contribution is -2.40. The smallest absolute Gasteiger partial charge is 0.273 e. The maximum absolute atomic E-state index is 12.2. The fourth-order valence-electron chi connectivity index (χ4n) is 2.62. The number of benzene rings is 1. The van der Waals surface area contributed by atoms with Crippen LogP contribution in [0.15, 0.2) is 36.4 Å². The highest BCUT2D eigenvalue weighted by Gasteiger charge is 2.46. The number of fused-ring (bicyclic) bond motifs is 1. The number of carbonyl (C=O) groups excluding carboxylic acids is 1. The van der Waals surface area contributed by atoms with E-state index >= 15 is 0 Å². The summed E-state index contributed by atoms with van der Waals surface area (Å²) in [7, 11) is 1.53. The predicted octanol–water partition coefficient (Wildman–Crippen LogP) is 2.89. The summed E-state index contributed by atoms with van der Waals surface area (Å²) in [6.07, 6.45) is 0.698. The van der Waals surface area contributed by atoms with E-state index in [1.807, 2.05) is 38.1 Å². The van der Waals surface area contributed by atoms with E-state index < -0.39 is 5.54 Å². The summed E-state index contributed by atoms with van der Waals surface area (Å²) >= 11 is 0. The van der Waals surface area contributed by atoms with Crippen molar-refractivity contribution in [2.45, 2.75) is 25.8 Å². The van der Waals surface area contributed by atoms with Crippen molar-refractivity contribution in [3.63, 3.8) is 0 Å². The lowest BCUT2D eigenvalue weighted by Gasteiger charge is -2.33.